The van der Waals surface area contributed by atoms with Gasteiger partial charge >= 0.3 is 6.09 Å². The van der Waals surface area contributed by atoms with Crippen LogP contribution in [0.25, 0.3) is 0 Å². The Hall–Kier alpha value is -1.71. The molecule has 1 atom stereocenters. The number of hydrogen-bond donors (Lipinski definition) is 1. The average Bonchev–Trinajstić information content (AvgIpc) is 2.58. The normalized spacial score (nSPS) is 23.1. The number of carbonyl (C=O) groups is 1. The van der Waals surface area contributed by atoms with Gasteiger partial charge in [0.1, 0.15) is 6.10 Å². The van der Waals surface area contributed by atoms with E-state index in [0.717, 1.165) is 18.7 Å². The van der Waals surface area contributed by atoms with Crippen molar-refractivity contribution in [1.82, 2.24) is 0 Å². The van der Waals surface area contributed by atoms with E-state index < -0.39 is 0 Å². The molecule has 0 radical (unpaired) electrons. The average molecular weight is 246 g/mol. The van der Waals surface area contributed by atoms with Crippen LogP contribution in [0.4, 0.5) is 16.2 Å². The summed E-state index contributed by atoms with van der Waals surface area (Å²) in [6.45, 7) is 3.60. The molecule has 2 aliphatic rings. The molecule has 4 heteroatoms. The predicted molar refractivity (Wildman–Crippen MR) is 71.2 cm³/mol. The first-order valence-corrected chi connectivity index (χ1v) is 6.59. The third kappa shape index (κ3) is 2.03. The van der Waals surface area contributed by atoms with Crippen molar-refractivity contribution < 1.29 is 9.53 Å². The van der Waals surface area contributed by atoms with Gasteiger partial charge in [-0.05, 0) is 49.9 Å². The fraction of sp³-hybridized carbons (Fsp3) is 0.500. The molecule has 2 heterocycles. The number of anilines is 2. The summed E-state index contributed by atoms with van der Waals surface area (Å²) < 4.78 is 5.17. The van der Waals surface area contributed by atoms with Crippen LogP contribution in [0.1, 0.15) is 25.3 Å². The Morgan fingerprint density at radius 3 is 3.06 bits per heavy atom. The minimum Gasteiger partial charge on any atom is -0.444 e. The van der Waals surface area contributed by atoms with Crippen molar-refractivity contribution in [3.8, 4) is 0 Å². The molecular formula is C14H18N2O2. The second-order valence-electron chi connectivity index (χ2n) is 5.03. The first-order valence-electron chi connectivity index (χ1n) is 6.59. The summed E-state index contributed by atoms with van der Waals surface area (Å²) >= 11 is 0. The second-order valence-corrected chi connectivity index (χ2v) is 5.03. The molecule has 0 bridgehead atoms. The quantitative estimate of drug-likeness (QED) is 0.828. The molecule has 4 nitrogen and oxygen atoms in total. The van der Waals surface area contributed by atoms with E-state index >= 15 is 0 Å². The highest BCUT2D eigenvalue weighted by atomic mass is 16.6. The number of cyclic esters (lactones) is 1. The number of hydrogen-bond acceptors (Lipinski definition) is 3. The Labute approximate surface area is 107 Å². The number of rotatable bonds is 1. The SMILES string of the molecule is CC1CN(c2ccc3c(c2)CCCCN3)C(=O)O1. The summed E-state index contributed by atoms with van der Waals surface area (Å²) in [5.41, 5.74) is 3.46. The first kappa shape index (κ1) is 11.4. The Kier molecular flexibility index (Phi) is 2.86. The molecular weight excluding hydrogens is 228 g/mol. The summed E-state index contributed by atoms with van der Waals surface area (Å²) in [5.74, 6) is 0. The minimum atomic E-state index is -0.232. The zero-order valence-electron chi connectivity index (χ0n) is 10.6. The van der Waals surface area contributed by atoms with Gasteiger partial charge in [-0.25, -0.2) is 4.79 Å². The smallest absolute Gasteiger partial charge is 0.414 e. The van der Waals surface area contributed by atoms with Crippen LogP contribution >= 0.6 is 0 Å². The number of fused-ring (bicyclic) bond motifs is 1. The van der Waals surface area contributed by atoms with Crippen LogP contribution in [0.3, 0.4) is 0 Å². The fourth-order valence-corrected chi connectivity index (χ4v) is 2.61. The number of ether oxygens (including phenoxy) is 1. The van der Waals surface area contributed by atoms with Crippen LogP contribution in [0.5, 0.6) is 0 Å². The highest BCUT2D eigenvalue weighted by Gasteiger charge is 2.29. The van der Waals surface area contributed by atoms with Crippen molar-refractivity contribution in [1.29, 1.82) is 0 Å². The lowest BCUT2D eigenvalue weighted by atomic mass is 10.1. The van der Waals surface area contributed by atoms with Crippen molar-refractivity contribution in [2.24, 2.45) is 0 Å². The van der Waals surface area contributed by atoms with Crippen molar-refractivity contribution in [3.05, 3.63) is 23.8 Å². The Morgan fingerprint density at radius 1 is 1.39 bits per heavy atom. The molecule has 1 amide bonds. The Balaban J connectivity index is 1.90. The molecule has 1 fully saturated rings. The van der Waals surface area contributed by atoms with Crippen LogP contribution in [0.15, 0.2) is 18.2 Å². The monoisotopic (exact) mass is 246 g/mol. The highest BCUT2D eigenvalue weighted by molar-refractivity contribution is 5.90. The van der Waals surface area contributed by atoms with E-state index in [9.17, 15) is 4.79 Å². The van der Waals surface area contributed by atoms with Crippen LogP contribution in [0.2, 0.25) is 0 Å². The molecule has 1 unspecified atom stereocenters. The van der Waals surface area contributed by atoms with E-state index in [-0.39, 0.29) is 12.2 Å². The first-order chi connectivity index (χ1) is 8.74. The van der Waals surface area contributed by atoms with Crippen molar-refractivity contribution in [3.63, 3.8) is 0 Å². The van der Waals surface area contributed by atoms with Gasteiger partial charge in [0.2, 0.25) is 0 Å². The molecule has 1 saturated heterocycles. The van der Waals surface area contributed by atoms with Gasteiger partial charge in [-0.3, -0.25) is 4.90 Å². The molecule has 0 aromatic heterocycles. The van der Waals surface area contributed by atoms with Gasteiger partial charge in [-0.1, -0.05) is 0 Å². The highest BCUT2D eigenvalue weighted by Crippen LogP contribution is 2.29. The summed E-state index contributed by atoms with van der Waals surface area (Å²) in [5, 5.41) is 3.43. The van der Waals surface area contributed by atoms with Gasteiger partial charge in [-0.15, -0.1) is 0 Å². The van der Waals surface area contributed by atoms with Crippen molar-refractivity contribution in [2.75, 3.05) is 23.3 Å². The summed E-state index contributed by atoms with van der Waals surface area (Å²) in [4.78, 5) is 13.4. The number of aryl methyl sites for hydroxylation is 1. The van der Waals surface area contributed by atoms with Crippen LogP contribution < -0.4 is 10.2 Å². The number of nitrogens with one attached hydrogen (secondary N) is 1. The van der Waals surface area contributed by atoms with E-state index in [4.69, 9.17) is 4.74 Å². The Morgan fingerprint density at radius 2 is 2.28 bits per heavy atom. The van der Waals surface area contributed by atoms with E-state index in [1.54, 1.807) is 4.90 Å². The van der Waals surface area contributed by atoms with Gasteiger partial charge < -0.3 is 10.1 Å². The van der Waals surface area contributed by atoms with Crippen molar-refractivity contribution >= 4 is 17.5 Å². The fourth-order valence-electron chi connectivity index (χ4n) is 2.61. The molecule has 0 aliphatic carbocycles. The minimum absolute atomic E-state index is 0.0190. The lowest BCUT2D eigenvalue weighted by molar-refractivity contribution is 0.150. The van der Waals surface area contributed by atoms with E-state index in [1.807, 2.05) is 13.0 Å². The van der Waals surface area contributed by atoms with Crippen LogP contribution in [-0.2, 0) is 11.2 Å². The topological polar surface area (TPSA) is 41.6 Å². The molecule has 3 rings (SSSR count). The van der Waals surface area contributed by atoms with E-state index in [0.29, 0.717) is 6.54 Å². The van der Waals surface area contributed by atoms with Crippen LogP contribution in [0, 0.1) is 0 Å². The maximum Gasteiger partial charge on any atom is 0.414 e. The standard InChI is InChI=1S/C14H18N2O2/c1-10-9-16(14(17)18-10)12-5-6-13-11(8-12)4-2-3-7-15-13/h5-6,8,10,15H,2-4,7,9H2,1H3. The maximum atomic E-state index is 11.7. The number of nitrogens with zero attached hydrogens (tertiary/aromatic N) is 1. The molecule has 18 heavy (non-hydrogen) atoms. The zero-order chi connectivity index (χ0) is 12.5. The number of amides is 1. The number of carbonyl (C=O) groups excluding carboxylic acids is 1. The van der Waals surface area contributed by atoms with Gasteiger partial charge in [0.15, 0.2) is 0 Å². The van der Waals surface area contributed by atoms with Gasteiger partial charge in [0.05, 0.1) is 6.54 Å². The molecule has 1 N–H and O–H groups in total. The van der Waals surface area contributed by atoms with Crippen LogP contribution in [-0.4, -0.2) is 25.3 Å². The summed E-state index contributed by atoms with van der Waals surface area (Å²) in [6, 6.07) is 6.19. The van der Waals surface area contributed by atoms with E-state index in [1.165, 1.54) is 24.1 Å². The lowest BCUT2D eigenvalue weighted by Crippen LogP contribution is -2.24. The van der Waals surface area contributed by atoms with E-state index in [2.05, 4.69) is 17.4 Å². The third-order valence-corrected chi connectivity index (χ3v) is 3.55. The molecule has 1 aromatic carbocycles. The zero-order valence-corrected chi connectivity index (χ0v) is 10.6. The lowest BCUT2D eigenvalue weighted by Gasteiger charge is -2.16. The summed E-state index contributed by atoms with van der Waals surface area (Å²) in [7, 11) is 0. The second kappa shape index (κ2) is 4.52. The van der Waals surface area contributed by atoms with Gasteiger partial charge in [0, 0.05) is 17.9 Å². The molecule has 2 aliphatic heterocycles. The Bertz CT molecular complexity index is 473. The predicted octanol–water partition coefficient (Wildman–Crippen LogP) is 2.78. The summed E-state index contributed by atoms with van der Waals surface area (Å²) in [6.07, 6.45) is 3.23. The van der Waals surface area contributed by atoms with Crippen molar-refractivity contribution in [2.45, 2.75) is 32.3 Å². The van der Waals surface area contributed by atoms with Gasteiger partial charge in [0.25, 0.3) is 0 Å². The van der Waals surface area contributed by atoms with Gasteiger partial charge in [-0.2, -0.15) is 0 Å². The molecule has 1 aromatic rings. The maximum absolute atomic E-state index is 11.7. The largest absolute Gasteiger partial charge is 0.444 e. The molecule has 0 spiro atoms. The molecule has 96 valence electrons. The molecule has 0 saturated carbocycles. The third-order valence-electron chi connectivity index (χ3n) is 3.55. The number of benzene rings is 1.